The van der Waals surface area contributed by atoms with Crippen molar-refractivity contribution in [3.63, 3.8) is 0 Å². The summed E-state index contributed by atoms with van der Waals surface area (Å²) in [6, 6.07) is 10.8. The highest BCUT2D eigenvalue weighted by atomic mass is 16.6. The Kier molecular flexibility index (Phi) is 7.06. The van der Waals surface area contributed by atoms with E-state index in [0.717, 1.165) is 23.6 Å². The van der Waals surface area contributed by atoms with Crippen molar-refractivity contribution in [2.24, 2.45) is 0 Å². The SMILES string of the molecule is COc1ccc(CCN2C(=O)NC(=O)/C(=C/c3cc([N+](=O)[O-])ccc3N3CCNCC3)C2=O)cc1. The zero-order valence-corrected chi connectivity index (χ0v) is 19.2. The van der Waals surface area contributed by atoms with E-state index in [1.165, 1.54) is 18.2 Å². The number of carbonyl (C=O) groups excluding carboxylic acids is 3. The van der Waals surface area contributed by atoms with Gasteiger partial charge in [-0.2, -0.15) is 0 Å². The second-order valence-electron chi connectivity index (χ2n) is 8.11. The Balaban J connectivity index is 1.62. The Morgan fingerprint density at radius 2 is 1.80 bits per heavy atom. The van der Waals surface area contributed by atoms with Crippen LogP contribution in [0.25, 0.3) is 6.08 Å². The molecule has 2 aromatic rings. The summed E-state index contributed by atoms with van der Waals surface area (Å²) in [6.45, 7) is 2.86. The normalized spacial score (nSPS) is 17.5. The molecule has 2 heterocycles. The van der Waals surface area contributed by atoms with Crippen molar-refractivity contribution < 1.29 is 24.0 Å². The molecule has 2 saturated heterocycles. The van der Waals surface area contributed by atoms with Crippen molar-refractivity contribution >= 4 is 35.3 Å². The van der Waals surface area contributed by atoms with Crippen molar-refractivity contribution in [1.82, 2.24) is 15.5 Å². The third-order valence-corrected chi connectivity index (χ3v) is 5.95. The number of imide groups is 2. The summed E-state index contributed by atoms with van der Waals surface area (Å²) in [5, 5.41) is 16.8. The molecule has 0 saturated carbocycles. The summed E-state index contributed by atoms with van der Waals surface area (Å²) in [6.07, 6.45) is 1.71. The minimum Gasteiger partial charge on any atom is -0.497 e. The molecule has 0 atom stereocenters. The van der Waals surface area contributed by atoms with Crippen LogP contribution in [0.1, 0.15) is 11.1 Å². The summed E-state index contributed by atoms with van der Waals surface area (Å²) in [5.74, 6) is -0.892. The number of piperazine rings is 1. The Hall–Kier alpha value is -4.25. The molecule has 0 radical (unpaired) electrons. The van der Waals surface area contributed by atoms with Gasteiger partial charge in [-0.05, 0) is 36.3 Å². The van der Waals surface area contributed by atoms with Crippen molar-refractivity contribution in [2.75, 3.05) is 44.7 Å². The third kappa shape index (κ3) is 5.30. The molecule has 11 nitrogen and oxygen atoms in total. The van der Waals surface area contributed by atoms with Gasteiger partial charge in [0, 0.05) is 56.1 Å². The predicted molar refractivity (Wildman–Crippen MR) is 128 cm³/mol. The maximum absolute atomic E-state index is 13.2. The molecule has 182 valence electrons. The number of methoxy groups -OCH3 is 1. The summed E-state index contributed by atoms with van der Waals surface area (Å²) in [4.78, 5) is 52.0. The number of nitrogens with one attached hydrogen (secondary N) is 2. The molecule has 0 aromatic heterocycles. The number of benzene rings is 2. The molecule has 2 fully saturated rings. The Morgan fingerprint density at radius 1 is 1.09 bits per heavy atom. The molecule has 35 heavy (non-hydrogen) atoms. The monoisotopic (exact) mass is 479 g/mol. The zero-order valence-electron chi connectivity index (χ0n) is 19.2. The first-order valence-corrected chi connectivity index (χ1v) is 11.1. The van der Waals surface area contributed by atoms with Gasteiger partial charge in [0.2, 0.25) is 0 Å². The fraction of sp³-hybridized carbons (Fsp3) is 0.292. The van der Waals surface area contributed by atoms with Crippen molar-refractivity contribution in [3.05, 3.63) is 69.3 Å². The highest BCUT2D eigenvalue weighted by Crippen LogP contribution is 2.29. The highest BCUT2D eigenvalue weighted by Gasteiger charge is 2.35. The maximum Gasteiger partial charge on any atom is 0.331 e. The number of urea groups is 1. The average Bonchev–Trinajstić information content (AvgIpc) is 2.87. The quantitative estimate of drug-likeness (QED) is 0.265. The van der Waals surface area contributed by atoms with Gasteiger partial charge in [0.25, 0.3) is 17.5 Å². The van der Waals surface area contributed by atoms with E-state index in [1.54, 1.807) is 25.3 Å². The highest BCUT2D eigenvalue weighted by molar-refractivity contribution is 6.31. The van der Waals surface area contributed by atoms with E-state index in [9.17, 15) is 24.5 Å². The van der Waals surface area contributed by atoms with Gasteiger partial charge in [-0.3, -0.25) is 29.9 Å². The standard InChI is InChI=1S/C24H25N5O6/c1-35-19-5-2-16(3-6-19)8-11-28-23(31)20(22(30)26-24(28)32)15-17-14-18(29(33)34)4-7-21(17)27-12-9-25-10-13-27/h2-7,14-15,25H,8-13H2,1H3,(H,26,30,32)/b20-15-. The van der Waals surface area contributed by atoms with Gasteiger partial charge in [-0.15, -0.1) is 0 Å². The first-order valence-electron chi connectivity index (χ1n) is 11.1. The van der Waals surface area contributed by atoms with E-state index >= 15 is 0 Å². The van der Waals surface area contributed by atoms with Gasteiger partial charge in [-0.25, -0.2) is 4.79 Å². The Bertz CT molecular complexity index is 1190. The smallest absolute Gasteiger partial charge is 0.331 e. The summed E-state index contributed by atoms with van der Waals surface area (Å²) < 4.78 is 5.13. The zero-order chi connectivity index (χ0) is 24.9. The van der Waals surface area contributed by atoms with Crippen molar-refractivity contribution in [1.29, 1.82) is 0 Å². The molecule has 0 spiro atoms. The number of hydrogen-bond donors (Lipinski definition) is 2. The molecular weight excluding hydrogens is 454 g/mol. The van der Waals surface area contributed by atoms with E-state index in [-0.39, 0.29) is 17.8 Å². The van der Waals surface area contributed by atoms with Gasteiger partial charge in [0.05, 0.1) is 12.0 Å². The fourth-order valence-corrected chi connectivity index (χ4v) is 4.05. The number of ether oxygens (including phenoxy) is 1. The summed E-state index contributed by atoms with van der Waals surface area (Å²) >= 11 is 0. The second kappa shape index (κ2) is 10.3. The summed E-state index contributed by atoms with van der Waals surface area (Å²) in [7, 11) is 1.56. The van der Waals surface area contributed by atoms with Crippen LogP contribution < -0.4 is 20.3 Å². The van der Waals surface area contributed by atoms with Gasteiger partial charge in [0.15, 0.2) is 0 Å². The van der Waals surface area contributed by atoms with E-state index < -0.39 is 22.8 Å². The average molecular weight is 479 g/mol. The lowest BCUT2D eigenvalue weighted by atomic mass is 10.0. The third-order valence-electron chi connectivity index (χ3n) is 5.95. The molecule has 0 bridgehead atoms. The van der Waals surface area contributed by atoms with Crippen LogP contribution in [-0.4, -0.2) is 67.5 Å². The first-order chi connectivity index (χ1) is 16.9. The maximum atomic E-state index is 13.2. The predicted octanol–water partition coefficient (Wildman–Crippen LogP) is 1.72. The number of amides is 4. The number of nitro benzene ring substituents is 1. The molecule has 4 rings (SSSR count). The number of anilines is 1. The van der Waals surface area contributed by atoms with E-state index in [4.69, 9.17) is 4.74 Å². The Morgan fingerprint density at radius 3 is 2.46 bits per heavy atom. The number of nitro groups is 1. The molecule has 11 heteroatoms. The number of barbiturate groups is 1. The number of hydrogen-bond acceptors (Lipinski definition) is 8. The lowest BCUT2D eigenvalue weighted by Crippen LogP contribution is -2.54. The first kappa shape index (κ1) is 23.9. The number of nitrogens with zero attached hydrogens (tertiary/aromatic N) is 3. The molecule has 2 aliphatic heterocycles. The lowest BCUT2D eigenvalue weighted by molar-refractivity contribution is -0.384. The lowest BCUT2D eigenvalue weighted by Gasteiger charge is -2.31. The largest absolute Gasteiger partial charge is 0.497 e. The molecule has 2 aliphatic rings. The van der Waals surface area contributed by atoms with Crippen LogP contribution in [0.15, 0.2) is 48.0 Å². The second-order valence-corrected chi connectivity index (χ2v) is 8.11. The topological polar surface area (TPSA) is 134 Å². The molecule has 0 unspecified atom stereocenters. The van der Waals surface area contributed by atoms with Crippen LogP contribution in [0.2, 0.25) is 0 Å². The van der Waals surface area contributed by atoms with E-state index in [2.05, 4.69) is 10.6 Å². The van der Waals surface area contributed by atoms with Gasteiger partial charge in [0.1, 0.15) is 11.3 Å². The van der Waals surface area contributed by atoms with E-state index in [1.807, 2.05) is 17.0 Å². The van der Waals surface area contributed by atoms with Crippen LogP contribution in [0.5, 0.6) is 5.75 Å². The van der Waals surface area contributed by atoms with Crippen LogP contribution in [-0.2, 0) is 16.0 Å². The van der Waals surface area contributed by atoms with Crippen LogP contribution in [0, 0.1) is 10.1 Å². The van der Waals surface area contributed by atoms with Crippen LogP contribution in [0.4, 0.5) is 16.2 Å². The molecule has 0 aliphatic carbocycles. The van der Waals surface area contributed by atoms with E-state index in [0.29, 0.717) is 36.5 Å². The molecule has 4 amide bonds. The number of carbonyl (C=O) groups is 3. The van der Waals surface area contributed by atoms with Gasteiger partial charge >= 0.3 is 6.03 Å². The molecule has 2 N–H and O–H groups in total. The molecule has 2 aromatic carbocycles. The number of rotatable bonds is 7. The molecular formula is C24H25N5O6. The number of non-ortho nitro benzene ring substituents is 1. The summed E-state index contributed by atoms with van der Waals surface area (Å²) in [5.41, 5.74) is 1.51. The van der Waals surface area contributed by atoms with Gasteiger partial charge in [-0.1, -0.05) is 12.1 Å². The minimum atomic E-state index is -0.835. The van der Waals surface area contributed by atoms with Crippen LogP contribution >= 0.6 is 0 Å². The van der Waals surface area contributed by atoms with Gasteiger partial charge < -0.3 is 15.0 Å². The van der Waals surface area contributed by atoms with Crippen molar-refractivity contribution in [3.8, 4) is 5.75 Å². The fourth-order valence-electron chi connectivity index (χ4n) is 4.05. The van der Waals surface area contributed by atoms with Crippen LogP contribution in [0.3, 0.4) is 0 Å². The van der Waals surface area contributed by atoms with Crippen molar-refractivity contribution in [2.45, 2.75) is 6.42 Å². The Labute approximate surface area is 201 Å². The minimum absolute atomic E-state index is 0.0568.